The first kappa shape index (κ1) is 101. The second-order valence-electron chi connectivity index (χ2n) is 28.6. The molecule has 13 rings (SSSR count). The van der Waals surface area contributed by atoms with E-state index in [4.69, 9.17) is 60.5 Å². The summed E-state index contributed by atoms with van der Waals surface area (Å²) in [4.78, 5) is 18.4. The second-order valence-corrected chi connectivity index (χ2v) is 28.6. The normalized spacial score (nSPS) is 15.8. The zero-order valence-corrected chi connectivity index (χ0v) is 69.7. The Hall–Kier alpha value is -19.9. The molecule has 9 aromatic carbocycles. The number of rotatable bonds is 9. The van der Waals surface area contributed by atoms with Gasteiger partial charge in [0, 0.05) is 27.8 Å². The van der Waals surface area contributed by atoms with Crippen LogP contribution in [0.25, 0.3) is 79.6 Å². The summed E-state index contributed by atoms with van der Waals surface area (Å²) in [6, 6.07) is 28.0. The molecular formula is C100H33F23N16. The lowest BCUT2D eigenvalue weighted by molar-refractivity contribution is -0.142. The van der Waals surface area contributed by atoms with Crippen LogP contribution in [0.3, 0.4) is 0 Å². The van der Waals surface area contributed by atoms with Gasteiger partial charge in [-0.3, -0.25) is 0 Å². The first-order valence-electron chi connectivity index (χ1n) is 37.7. The van der Waals surface area contributed by atoms with Crippen molar-refractivity contribution >= 4 is 56.2 Å². The van der Waals surface area contributed by atoms with Gasteiger partial charge in [-0.05, 0) is 261 Å². The molecule has 674 valence electrons. The summed E-state index contributed by atoms with van der Waals surface area (Å²) in [5.74, 6) is -28.2. The number of halogens is 23. The average molecular weight is 1900 g/mol. The van der Waals surface area contributed by atoms with Crippen molar-refractivity contribution < 1.29 is 101 Å². The van der Waals surface area contributed by atoms with Crippen LogP contribution in [0.4, 0.5) is 107 Å². The van der Waals surface area contributed by atoms with Crippen LogP contribution in [0.1, 0.15) is 90.4 Å². The van der Waals surface area contributed by atoms with E-state index >= 15 is 0 Å². The van der Waals surface area contributed by atoms with Gasteiger partial charge in [-0.1, -0.05) is 0 Å². The van der Waals surface area contributed by atoms with E-state index in [2.05, 4.69) is 29.1 Å². The van der Waals surface area contributed by atoms with Gasteiger partial charge in [0.1, 0.15) is 135 Å². The van der Waals surface area contributed by atoms with E-state index in [-0.39, 0.29) is 113 Å². The van der Waals surface area contributed by atoms with Crippen LogP contribution in [0.15, 0.2) is 193 Å². The largest absolute Gasteiger partial charge is 0.422 e. The summed E-state index contributed by atoms with van der Waals surface area (Å²) in [6.45, 7) is 49.4. The lowest BCUT2D eigenvalue weighted by atomic mass is 10.0. The number of allylic oxidation sites excluding steroid dienone is 21. The van der Waals surface area contributed by atoms with E-state index in [9.17, 15) is 133 Å². The topological polar surface area (TPSA) is 264 Å². The Morgan fingerprint density at radius 3 is 0.640 bits per heavy atom. The predicted molar refractivity (Wildman–Crippen MR) is 445 cm³/mol. The Morgan fingerprint density at radius 1 is 0.245 bits per heavy atom. The maximum atomic E-state index is 14.4. The molecule has 0 bridgehead atoms. The van der Waals surface area contributed by atoms with Crippen molar-refractivity contribution in [2.24, 2.45) is 0 Å². The zero-order chi connectivity index (χ0) is 103. The molecule has 0 atom stereocenters. The molecule has 4 fully saturated rings. The highest BCUT2D eigenvalue weighted by Crippen LogP contribution is 2.61. The van der Waals surface area contributed by atoms with Crippen LogP contribution in [-0.4, -0.2) is 0 Å². The lowest BCUT2D eigenvalue weighted by Crippen LogP contribution is -2.11. The minimum absolute atomic E-state index is 0.194. The monoisotopic (exact) mass is 1890 g/mol. The van der Waals surface area contributed by atoms with E-state index in [1.54, 1.807) is 48.6 Å². The van der Waals surface area contributed by atoms with Crippen molar-refractivity contribution in [1.29, 1.82) is 52.6 Å². The standard InChI is InChI=1S/C30H12F9N3.C30H9F6N5.C28H9F8N3.C12H3N5/c1-12-19(31)4-14(5-20(12)32)17(10-40)25-26(18(11-41)15-6-21(33)13(2)22(34)7-15)27(25)29(42-3)16-8-23(35)28(24(36)9-16)30(37,38)39;1-13-20(31)4-14(5-21(13)32)17(10-37)26-27(18(11-38)15-6-24(35)30(41-3)25(36)7-15)28(26)29(40-2)16-8-22(33)19(12-39)23(34)9-16;1-11-17(29)3-12(4-18(11)30)15(9-37)23-24(16(10-38)13-5-19(31)26(35)20(32)6-13)25(23)28(39-2)14-7-21(33)27(36)22(34)8-14;1-7(4-13)10-11(8(5-14)16-2)12(10)9(6-15)17-3/h4-9H,1-2H3;4-9H,1H3;3-8H,1H3;1H3/b;;;11-8-,12-9-. The molecule has 0 saturated heterocycles. The summed E-state index contributed by atoms with van der Waals surface area (Å²) in [5, 5.41) is 94.8. The van der Waals surface area contributed by atoms with Crippen molar-refractivity contribution in [3.05, 3.63) is 461 Å². The van der Waals surface area contributed by atoms with Crippen LogP contribution in [0, 0.1) is 297 Å². The van der Waals surface area contributed by atoms with Crippen molar-refractivity contribution in [2.75, 3.05) is 0 Å². The maximum Gasteiger partial charge on any atom is 0.422 e. The third-order valence-electron chi connectivity index (χ3n) is 20.7. The number of nitriles is 10. The van der Waals surface area contributed by atoms with E-state index in [1.807, 2.05) is 6.07 Å². The highest BCUT2D eigenvalue weighted by atomic mass is 19.4. The van der Waals surface area contributed by atoms with Crippen LogP contribution < -0.4 is 0 Å². The molecule has 0 radical (unpaired) electrons. The number of hydrogen-bond donors (Lipinski definition) is 0. The molecule has 0 unspecified atom stereocenters. The smallest absolute Gasteiger partial charge is 0.237 e. The Kier molecular flexibility index (Phi) is 29.4. The van der Waals surface area contributed by atoms with Crippen molar-refractivity contribution in [3.63, 3.8) is 0 Å². The molecule has 0 heterocycles. The highest BCUT2D eigenvalue weighted by molar-refractivity contribution is 6.14. The van der Waals surface area contributed by atoms with Crippen LogP contribution in [-0.2, 0) is 6.18 Å². The molecule has 0 amide bonds. The summed E-state index contributed by atoms with van der Waals surface area (Å²) in [5.41, 5.74) is -16.7. The van der Waals surface area contributed by atoms with Gasteiger partial charge < -0.3 is 0 Å². The van der Waals surface area contributed by atoms with Gasteiger partial charge in [0.05, 0.1) is 91.1 Å². The molecule has 4 saturated carbocycles. The van der Waals surface area contributed by atoms with Gasteiger partial charge in [-0.15, -0.1) is 0 Å². The Bertz CT molecular complexity index is 7640. The number of nitrogens with zero attached hydrogens (tertiary/aromatic N) is 16. The molecule has 16 nitrogen and oxygen atoms in total. The van der Waals surface area contributed by atoms with Gasteiger partial charge in [0.25, 0.3) is 17.1 Å². The first-order valence-corrected chi connectivity index (χ1v) is 37.7. The van der Waals surface area contributed by atoms with E-state index < -0.39 is 234 Å². The van der Waals surface area contributed by atoms with Gasteiger partial charge in [0.2, 0.25) is 17.1 Å². The van der Waals surface area contributed by atoms with Crippen LogP contribution in [0.2, 0.25) is 0 Å². The quantitative estimate of drug-likeness (QED) is 0.0571. The van der Waals surface area contributed by atoms with Gasteiger partial charge in [-0.2, -0.15) is 55.3 Å². The average Bonchev–Trinajstić information content (AvgIpc) is 1.56. The minimum Gasteiger partial charge on any atom is -0.237 e. The molecular weight excluding hydrogens is 1860 g/mol. The van der Waals surface area contributed by atoms with Gasteiger partial charge in [0.15, 0.2) is 34.9 Å². The molecule has 0 aromatic heterocycles. The van der Waals surface area contributed by atoms with E-state index in [1.165, 1.54) is 13.0 Å². The van der Waals surface area contributed by atoms with Crippen LogP contribution >= 0.6 is 0 Å². The third-order valence-corrected chi connectivity index (χ3v) is 20.7. The second kappa shape index (κ2) is 40.4. The van der Waals surface area contributed by atoms with Crippen molar-refractivity contribution in [1.82, 2.24) is 0 Å². The van der Waals surface area contributed by atoms with E-state index in [0.717, 1.165) is 76.2 Å². The maximum absolute atomic E-state index is 14.4. The molecule has 4 aliphatic carbocycles. The van der Waals surface area contributed by atoms with Crippen LogP contribution in [0.5, 0.6) is 0 Å². The van der Waals surface area contributed by atoms with Crippen molar-refractivity contribution in [3.8, 4) is 60.7 Å². The Labute approximate surface area is 769 Å². The fourth-order valence-electron chi connectivity index (χ4n) is 13.7. The van der Waals surface area contributed by atoms with Gasteiger partial charge in [-0.25, -0.2) is 127 Å². The van der Waals surface area contributed by atoms with Gasteiger partial charge >= 0.3 is 6.18 Å². The first-order chi connectivity index (χ1) is 65.8. The van der Waals surface area contributed by atoms with Crippen molar-refractivity contribution in [2.45, 2.75) is 40.8 Å². The SMILES string of the molecule is [C-]#[N+]/C(C#N)=C1/C(=C(C)C#N)/C1=C(\C#N)[N+]#[C-].[C-]#[N+]C(=C1C(=C(C#N)c2cc(F)c(C)c(F)c2)C1=C(C#N)c1cc(F)c(C)c(F)c1)c1cc(F)c(C(F)(F)F)c(F)c1.[C-]#[N+]C(=C1C(=C(C#N)c2cc(F)c(C)c(F)c2)C1=C(C#N)c1cc(F)c(F)c(F)c1)c1cc(F)c(F)c(F)c1.[C-]#[N+]C(=C1C(=C(C#N)c2cc(F)c(C)c(F)c2)C1=C(C#N)c1cc(F)c([N+]#[C-])c(F)c1)c1cc(F)c(C#N)c(F)c1. The highest BCUT2D eigenvalue weighted by Gasteiger charge is 2.47. The molecule has 4 aliphatic rings. The molecule has 0 spiro atoms. The zero-order valence-electron chi connectivity index (χ0n) is 69.7. The minimum atomic E-state index is -5.42. The summed E-state index contributed by atoms with van der Waals surface area (Å²) in [7, 11) is 0. The fourth-order valence-corrected chi connectivity index (χ4v) is 13.7. The number of benzene rings is 9. The molecule has 39 heteroatoms. The lowest BCUT2D eigenvalue weighted by Gasteiger charge is -2.10. The van der Waals surface area contributed by atoms with E-state index in [0.29, 0.717) is 59.7 Å². The fraction of sp³-hybridized carbons (Fsp3) is 0.0600. The number of alkyl halides is 3. The Balaban J connectivity index is 0.000000198. The predicted octanol–water partition coefficient (Wildman–Crippen LogP) is 26.5. The third kappa shape index (κ3) is 19.4. The summed E-state index contributed by atoms with van der Waals surface area (Å²) < 4.78 is 324. The molecule has 139 heavy (non-hydrogen) atoms. The molecule has 0 N–H and O–H groups in total. The molecule has 9 aromatic rings. The summed E-state index contributed by atoms with van der Waals surface area (Å²) >= 11 is 0. The molecule has 0 aliphatic heterocycles. The number of hydrogen-bond acceptors (Lipinski definition) is 10. The summed E-state index contributed by atoms with van der Waals surface area (Å²) in [6.07, 6.45) is -5.42. The Morgan fingerprint density at radius 2 is 0.453 bits per heavy atom.